The van der Waals surface area contributed by atoms with Crippen LogP contribution in [0, 0.1) is 13.8 Å². The number of para-hydroxylation sites is 1. The van der Waals surface area contributed by atoms with Crippen molar-refractivity contribution in [3.63, 3.8) is 0 Å². The summed E-state index contributed by atoms with van der Waals surface area (Å²) in [6, 6.07) is 11.1. The van der Waals surface area contributed by atoms with Crippen molar-refractivity contribution in [2.75, 3.05) is 5.32 Å². The highest BCUT2D eigenvalue weighted by Crippen LogP contribution is 2.14. The summed E-state index contributed by atoms with van der Waals surface area (Å²) in [6.45, 7) is 5.63. The van der Waals surface area contributed by atoms with E-state index in [1.54, 1.807) is 13.0 Å². The first kappa shape index (κ1) is 14.8. The Morgan fingerprint density at radius 2 is 2.00 bits per heavy atom. The first-order valence-electron chi connectivity index (χ1n) is 6.78. The van der Waals surface area contributed by atoms with Crippen LogP contribution in [0.2, 0.25) is 0 Å². The lowest BCUT2D eigenvalue weighted by atomic mass is 10.2. The highest BCUT2D eigenvalue weighted by molar-refractivity contribution is 5.85. The number of rotatable bonds is 5. The molecule has 0 bridgehead atoms. The van der Waals surface area contributed by atoms with E-state index < -0.39 is 0 Å². The van der Waals surface area contributed by atoms with Crippen LogP contribution < -0.4 is 10.7 Å². The molecule has 1 atom stereocenters. The van der Waals surface area contributed by atoms with Gasteiger partial charge < -0.3 is 9.73 Å². The smallest absolute Gasteiger partial charge is 0.262 e. The minimum absolute atomic E-state index is 0.210. The molecule has 1 aromatic heterocycles. The van der Waals surface area contributed by atoms with Gasteiger partial charge in [0.05, 0.1) is 6.21 Å². The summed E-state index contributed by atoms with van der Waals surface area (Å²) in [6.07, 6.45) is 1.48. The summed E-state index contributed by atoms with van der Waals surface area (Å²) in [5, 5.41) is 7.04. The number of carbonyl (C=O) groups excluding carboxylic acids is 1. The zero-order valence-electron chi connectivity index (χ0n) is 12.4. The standard InChI is InChI=1S/C16H19N3O2/c1-11-6-4-5-7-15(11)18-13(3)16(20)19-17-10-14-9-8-12(2)21-14/h4-10,13,18H,1-3H3,(H,19,20)/t13-/m0/s1. The van der Waals surface area contributed by atoms with Gasteiger partial charge in [-0.15, -0.1) is 0 Å². The summed E-state index contributed by atoms with van der Waals surface area (Å²) in [5.74, 6) is 1.20. The zero-order valence-corrected chi connectivity index (χ0v) is 12.4. The summed E-state index contributed by atoms with van der Waals surface area (Å²) in [5.41, 5.74) is 4.51. The van der Waals surface area contributed by atoms with Gasteiger partial charge in [-0.2, -0.15) is 5.10 Å². The summed E-state index contributed by atoms with van der Waals surface area (Å²) >= 11 is 0. The SMILES string of the molecule is Cc1ccc(C=NNC(=O)[C@H](C)Nc2ccccc2C)o1. The number of benzene rings is 1. The molecule has 0 saturated heterocycles. The minimum atomic E-state index is -0.387. The lowest BCUT2D eigenvalue weighted by Crippen LogP contribution is -2.35. The van der Waals surface area contributed by atoms with Crippen molar-refractivity contribution in [2.24, 2.45) is 5.10 Å². The van der Waals surface area contributed by atoms with E-state index in [-0.39, 0.29) is 11.9 Å². The number of hydrogen-bond donors (Lipinski definition) is 2. The fraction of sp³-hybridized carbons (Fsp3) is 0.250. The molecule has 2 N–H and O–H groups in total. The molecule has 2 rings (SSSR count). The minimum Gasteiger partial charge on any atom is -0.460 e. The van der Waals surface area contributed by atoms with Gasteiger partial charge in [-0.25, -0.2) is 5.43 Å². The van der Waals surface area contributed by atoms with Crippen LogP contribution in [0.3, 0.4) is 0 Å². The second-order valence-corrected chi connectivity index (χ2v) is 4.86. The molecule has 0 aliphatic heterocycles. The predicted molar refractivity (Wildman–Crippen MR) is 83.4 cm³/mol. The number of hydrogen-bond acceptors (Lipinski definition) is 4. The monoisotopic (exact) mass is 285 g/mol. The van der Waals surface area contributed by atoms with Gasteiger partial charge in [0.1, 0.15) is 17.6 Å². The van der Waals surface area contributed by atoms with E-state index >= 15 is 0 Å². The summed E-state index contributed by atoms with van der Waals surface area (Å²) < 4.78 is 5.32. The molecule has 0 fully saturated rings. The summed E-state index contributed by atoms with van der Waals surface area (Å²) in [7, 11) is 0. The Kier molecular flexibility index (Phi) is 4.77. The fourth-order valence-electron chi connectivity index (χ4n) is 1.81. The number of nitrogens with one attached hydrogen (secondary N) is 2. The second-order valence-electron chi connectivity index (χ2n) is 4.86. The molecule has 0 radical (unpaired) electrons. The van der Waals surface area contributed by atoms with Gasteiger partial charge in [-0.3, -0.25) is 4.79 Å². The third kappa shape index (κ3) is 4.21. The number of nitrogens with zero attached hydrogens (tertiary/aromatic N) is 1. The maximum atomic E-state index is 11.9. The van der Waals surface area contributed by atoms with E-state index in [4.69, 9.17) is 4.42 Å². The van der Waals surface area contributed by atoms with Crippen molar-refractivity contribution in [3.05, 3.63) is 53.5 Å². The highest BCUT2D eigenvalue weighted by atomic mass is 16.3. The van der Waals surface area contributed by atoms with Crippen LogP contribution in [0.25, 0.3) is 0 Å². The molecule has 110 valence electrons. The van der Waals surface area contributed by atoms with Crippen molar-refractivity contribution < 1.29 is 9.21 Å². The average Bonchev–Trinajstić information content (AvgIpc) is 2.87. The highest BCUT2D eigenvalue weighted by Gasteiger charge is 2.12. The molecule has 0 unspecified atom stereocenters. The van der Waals surface area contributed by atoms with Crippen molar-refractivity contribution in [1.82, 2.24) is 5.43 Å². The molecule has 1 amide bonds. The van der Waals surface area contributed by atoms with Crippen LogP contribution in [0.5, 0.6) is 0 Å². The molecule has 21 heavy (non-hydrogen) atoms. The maximum absolute atomic E-state index is 11.9. The molecule has 5 heteroatoms. The number of hydrazone groups is 1. The molecule has 5 nitrogen and oxygen atoms in total. The lowest BCUT2D eigenvalue weighted by Gasteiger charge is -2.15. The van der Waals surface area contributed by atoms with Gasteiger partial charge >= 0.3 is 0 Å². The molecule has 2 aromatic rings. The Bertz CT molecular complexity index is 646. The van der Waals surface area contributed by atoms with Gasteiger partial charge in [0.25, 0.3) is 5.91 Å². The topological polar surface area (TPSA) is 66.6 Å². The Labute approximate surface area is 124 Å². The Morgan fingerprint density at radius 1 is 1.24 bits per heavy atom. The van der Waals surface area contributed by atoms with Crippen LogP contribution >= 0.6 is 0 Å². The van der Waals surface area contributed by atoms with Gasteiger partial charge in [0.2, 0.25) is 0 Å². The molecule has 0 aliphatic carbocycles. The summed E-state index contributed by atoms with van der Waals surface area (Å²) in [4.78, 5) is 11.9. The normalized spacial score (nSPS) is 12.3. The third-order valence-electron chi connectivity index (χ3n) is 3.04. The van der Waals surface area contributed by atoms with Crippen molar-refractivity contribution in [1.29, 1.82) is 0 Å². The first-order valence-corrected chi connectivity index (χ1v) is 6.78. The van der Waals surface area contributed by atoms with Crippen LogP contribution in [-0.4, -0.2) is 18.2 Å². The molecule has 0 spiro atoms. The molecular weight excluding hydrogens is 266 g/mol. The molecular formula is C16H19N3O2. The van der Waals surface area contributed by atoms with E-state index in [1.165, 1.54) is 6.21 Å². The quantitative estimate of drug-likeness (QED) is 0.655. The Hall–Kier alpha value is -2.56. The third-order valence-corrected chi connectivity index (χ3v) is 3.04. The largest absolute Gasteiger partial charge is 0.460 e. The van der Waals surface area contributed by atoms with Gasteiger partial charge in [-0.05, 0) is 44.5 Å². The van der Waals surface area contributed by atoms with Crippen molar-refractivity contribution >= 4 is 17.8 Å². The van der Waals surface area contributed by atoms with E-state index in [9.17, 15) is 4.79 Å². The van der Waals surface area contributed by atoms with Crippen LogP contribution in [0.4, 0.5) is 5.69 Å². The predicted octanol–water partition coefficient (Wildman–Crippen LogP) is 2.85. The average molecular weight is 285 g/mol. The van der Waals surface area contributed by atoms with Crippen molar-refractivity contribution in [2.45, 2.75) is 26.8 Å². The number of amides is 1. The van der Waals surface area contributed by atoms with E-state index in [0.717, 1.165) is 17.0 Å². The van der Waals surface area contributed by atoms with Crippen LogP contribution in [-0.2, 0) is 4.79 Å². The van der Waals surface area contributed by atoms with Crippen LogP contribution in [0.1, 0.15) is 24.0 Å². The van der Waals surface area contributed by atoms with Gasteiger partial charge in [0, 0.05) is 5.69 Å². The first-order chi connectivity index (χ1) is 10.1. The Morgan fingerprint density at radius 3 is 2.67 bits per heavy atom. The molecule has 1 aromatic carbocycles. The van der Waals surface area contributed by atoms with Gasteiger partial charge in [0.15, 0.2) is 0 Å². The second kappa shape index (κ2) is 6.74. The maximum Gasteiger partial charge on any atom is 0.262 e. The van der Waals surface area contributed by atoms with E-state index in [2.05, 4.69) is 15.8 Å². The van der Waals surface area contributed by atoms with Gasteiger partial charge in [-0.1, -0.05) is 18.2 Å². The lowest BCUT2D eigenvalue weighted by molar-refractivity contribution is -0.121. The zero-order chi connectivity index (χ0) is 15.2. The van der Waals surface area contributed by atoms with E-state index in [1.807, 2.05) is 44.2 Å². The van der Waals surface area contributed by atoms with Crippen LogP contribution in [0.15, 0.2) is 45.9 Å². The molecule has 0 aliphatic rings. The number of carbonyl (C=O) groups is 1. The van der Waals surface area contributed by atoms with E-state index in [0.29, 0.717) is 5.76 Å². The van der Waals surface area contributed by atoms with Crippen molar-refractivity contribution in [3.8, 4) is 0 Å². The number of anilines is 1. The Balaban J connectivity index is 1.88. The molecule has 1 heterocycles. The molecule has 0 saturated carbocycles. The number of aryl methyl sites for hydroxylation is 2. The fourth-order valence-corrected chi connectivity index (χ4v) is 1.81. The number of furan rings is 1.